The Labute approximate surface area is 95.1 Å². The summed E-state index contributed by atoms with van der Waals surface area (Å²) < 4.78 is 0. The summed E-state index contributed by atoms with van der Waals surface area (Å²) in [4.78, 5) is 13.1. The molecule has 1 N–H and O–H groups in total. The van der Waals surface area contributed by atoms with Crippen LogP contribution >= 0.6 is 0 Å². The summed E-state index contributed by atoms with van der Waals surface area (Å²) >= 11 is 0. The van der Waals surface area contributed by atoms with Crippen molar-refractivity contribution < 1.29 is 0 Å². The average Bonchev–Trinajstić information content (AvgIpc) is 2.14. The van der Waals surface area contributed by atoms with Gasteiger partial charge in [0, 0.05) is 11.7 Å². The summed E-state index contributed by atoms with van der Waals surface area (Å²) in [5.74, 6) is 1.56. The van der Waals surface area contributed by atoms with E-state index in [9.17, 15) is 0 Å². The Balaban J connectivity index is 2.59. The third kappa shape index (κ3) is 2.27. The molecule has 0 aromatic carbocycles. The summed E-state index contributed by atoms with van der Waals surface area (Å²) in [5, 5.41) is 3.35. The van der Waals surface area contributed by atoms with Gasteiger partial charge in [-0.3, -0.25) is 4.98 Å². The van der Waals surface area contributed by atoms with Gasteiger partial charge in [0.15, 0.2) is 5.82 Å². The van der Waals surface area contributed by atoms with Gasteiger partial charge in [-0.2, -0.15) is 0 Å². The topological polar surface area (TPSA) is 50.7 Å². The lowest BCUT2D eigenvalue weighted by atomic mass is 10.1. The van der Waals surface area contributed by atoms with Gasteiger partial charge >= 0.3 is 0 Å². The van der Waals surface area contributed by atoms with E-state index in [2.05, 4.69) is 41.0 Å². The lowest BCUT2D eigenvalue weighted by Gasteiger charge is -2.21. The van der Waals surface area contributed by atoms with Crippen LogP contribution in [0.5, 0.6) is 0 Å². The first-order valence-corrected chi connectivity index (χ1v) is 5.33. The molecule has 0 aliphatic rings. The summed E-state index contributed by atoms with van der Waals surface area (Å²) in [6.45, 7) is 8.18. The van der Waals surface area contributed by atoms with E-state index in [1.807, 2.05) is 19.1 Å². The fourth-order valence-corrected chi connectivity index (χ4v) is 1.53. The summed E-state index contributed by atoms with van der Waals surface area (Å²) in [5.41, 5.74) is 1.66. The molecule has 2 rings (SSSR count). The molecule has 0 spiro atoms. The molecule has 0 aliphatic heterocycles. The van der Waals surface area contributed by atoms with Crippen LogP contribution in [-0.4, -0.2) is 20.5 Å². The van der Waals surface area contributed by atoms with Crippen molar-refractivity contribution in [2.75, 3.05) is 5.32 Å². The van der Waals surface area contributed by atoms with Gasteiger partial charge in [-0.25, -0.2) is 9.97 Å². The SMILES string of the molecule is Cc1nc(NC(C)(C)C)c2ncccc2n1. The minimum Gasteiger partial charge on any atom is -0.364 e. The molecule has 84 valence electrons. The second kappa shape index (κ2) is 3.70. The van der Waals surface area contributed by atoms with E-state index in [1.54, 1.807) is 6.20 Å². The van der Waals surface area contributed by atoms with Crippen LogP contribution < -0.4 is 5.32 Å². The van der Waals surface area contributed by atoms with Crippen molar-refractivity contribution in [3.63, 3.8) is 0 Å². The zero-order chi connectivity index (χ0) is 11.8. The molecule has 4 heteroatoms. The van der Waals surface area contributed by atoms with Crippen LogP contribution in [0.15, 0.2) is 18.3 Å². The smallest absolute Gasteiger partial charge is 0.156 e. The zero-order valence-electron chi connectivity index (χ0n) is 10.1. The third-order valence-electron chi connectivity index (χ3n) is 2.06. The minimum atomic E-state index is -0.0365. The zero-order valence-corrected chi connectivity index (χ0v) is 10.1. The number of hydrogen-bond acceptors (Lipinski definition) is 4. The van der Waals surface area contributed by atoms with Crippen LogP contribution in [0.1, 0.15) is 26.6 Å². The summed E-state index contributed by atoms with van der Waals surface area (Å²) in [7, 11) is 0. The molecular weight excluding hydrogens is 200 g/mol. The molecule has 0 saturated heterocycles. The second-order valence-electron chi connectivity index (χ2n) is 4.87. The number of pyridine rings is 1. The van der Waals surface area contributed by atoms with Gasteiger partial charge in [-0.1, -0.05) is 0 Å². The lowest BCUT2D eigenvalue weighted by Crippen LogP contribution is -2.27. The molecule has 0 radical (unpaired) electrons. The largest absolute Gasteiger partial charge is 0.364 e. The number of hydrogen-bond donors (Lipinski definition) is 1. The Kier molecular flexibility index (Phi) is 2.50. The van der Waals surface area contributed by atoms with Crippen molar-refractivity contribution in [3.8, 4) is 0 Å². The number of nitrogens with one attached hydrogen (secondary N) is 1. The predicted octanol–water partition coefficient (Wildman–Crippen LogP) is 2.54. The first-order valence-electron chi connectivity index (χ1n) is 5.33. The highest BCUT2D eigenvalue weighted by atomic mass is 15.1. The Hall–Kier alpha value is -1.71. The average molecular weight is 216 g/mol. The van der Waals surface area contributed by atoms with Crippen molar-refractivity contribution in [1.82, 2.24) is 15.0 Å². The summed E-state index contributed by atoms with van der Waals surface area (Å²) in [6.07, 6.45) is 1.76. The molecule has 2 heterocycles. The van der Waals surface area contributed by atoms with E-state index in [1.165, 1.54) is 0 Å². The van der Waals surface area contributed by atoms with E-state index in [-0.39, 0.29) is 5.54 Å². The molecule has 0 aliphatic carbocycles. The number of fused-ring (bicyclic) bond motifs is 1. The molecule has 0 amide bonds. The van der Waals surface area contributed by atoms with Crippen LogP contribution in [0.3, 0.4) is 0 Å². The van der Waals surface area contributed by atoms with Crippen LogP contribution in [0.4, 0.5) is 5.82 Å². The Morgan fingerprint density at radius 1 is 1.19 bits per heavy atom. The van der Waals surface area contributed by atoms with Gasteiger partial charge in [0.1, 0.15) is 11.3 Å². The number of anilines is 1. The van der Waals surface area contributed by atoms with Crippen LogP contribution in [0.25, 0.3) is 11.0 Å². The maximum atomic E-state index is 4.40. The van der Waals surface area contributed by atoms with Crippen molar-refractivity contribution in [2.45, 2.75) is 33.2 Å². The van der Waals surface area contributed by atoms with E-state index in [4.69, 9.17) is 0 Å². The number of aryl methyl sites for hydroxylation is 1. The van der Waals surface area contributed by atoms with Crippen molar-refractivity contribution in [2.24, 2.45) is 0 Å². The number of rotatable bonds is 1. The first-order chi connectivity index (χ1) is 7.46. The van der Waals surface area contributed by atoms with Gasteiger partial charge in [0.25, 0.3) is 0 Å². The lowest BCUT2D eigenvalue weighted by molar-refractivity contribution is 0.630. The molecule has 0 atom stereocenters. The van der Waals surface area contributed by atoms with Gasteiger partial charge in [0.2, 0.25) is 0 Å². The number of nitrogens with zero attached hydrogens (tertiary/aromatic N) is 3. The molecule has 0 fully saturated rings. The maximum absolute atomic E-state index is 4.40. The molecule has 0 unspecified atom stereocenters. The Bertz CT molecular complexity index is 514. The molecule has 2 aromatic heterocycles. The highest BCUT2D eigenvalue weighted by Gasteiger charge is 2.14. The van der Waals surface area contributed by atoms with Crippen LogP contribution in [-0.2, 0) is 0 Å². The molecule has 4 nitrogen and oxygen atoms in total. The Morgan fingerprint density at radius 3 is 2.62 bits per heavy atom. The first kappa shape index (κ1) is 10.8. The fraction of sp³-hybridized carbons (Fsp3) is 0.417. The van der Waals surface area contributed by atoms with Crippen LogP contribution in [0, 0.1) is 6.92 Å². The standard InChI is InChI=1S/C12H16N4/c1-8-14-9-6-5-7-13-10(9)11(15-8)16-12(2,3)4/h5-7H,1-4H3,(H,14,15,16). The molecule has 2 aromatic rings. The highest BCUT2D eigenvalue weighted by molar-refractivity contribution is 5.85. The third-order valence-corrected chi connectivity index (χ3v) is 2.06. The quantitative estimate of drug-likeness (QED) is 0.796. The van der Waals surface area contributed by atoms with Crippen molar-refractivity contribution in [1.29, 1.82) is 0 Å². The molecule has 0 saturated carbocycles. The molecule has 16 heavy (non-hydrogen) atoms. The van der Waals surface area contributed by atoms with Gasteiger partial charge in [-0.05, 0) is 39.8 Å². The summed E-state index contributed by atoms with van der Waals surface area (Å²) in [6, 6.07) is 3.83. The van der Waals surface area contributed by atoms with E-state index < -0.39 is 0 Å². The monoisotopic (exact) mass is 216 g/mol. The van der Waals surface area contributed by atoms with Crippen molar-refractivity contribution in [3.05, 3.63) is 24.2 Å². The fourth-order valence-electron chi connectivity index (χ4n) is 1.53. The highest BCUT2D eigenvalue weighted by Crippen LogP contribution is 2.20. The maximum Gasteiger partial charge on any atom is 0.156 e. The van der Waals surface area contributed by atoms with Crippen LogP contribution in [0.2, 0.25) is 0 Å². The Morgan fingerprint density at radius 2 is 1.94 bits per heavy atom. The van der Waals surface area contributed by atoms with E-state index >= 15 is 0 Å². The predicted molar refractivity (Wildman–Crippen MR) is 65.4 cm³/mol. The van der Waals surface area contributed by atoms with Gasteiger partial charge < -0.3 is 5.32 Å². The van der Waals surface area contributed by atoms with Gasteiger partial charge in [-0.15, -0.1) is 0 Å². The molecule has 0 bridgehead atoms. The second-order valence-corrected chi connectivity index (χ2v) is 4.87. The minimum absolute atomic E-state index is 0.0365. The van der Waals surface area contributed by atoms with Crippen molar-refractivity contribution >= 4 is 16.9 Å². The normalized spacial score (nSPS) is 11.8. The molecular formula is C12H16N4. The van der Waals surface area contributed by atoms with E-state index in [0.717, 1.165) is 22.7 Å². The number of aromatic nitrogens is 3. The van der Waals surface area contributed by atoms with Gasteiger partial charge in [0.05, 0.1) is 5.52 Å². The van der Waals surface area contributed by atoms with E-state index in [0.29, 0.717) is 0 Å².